The predicted octanol–water partition coefficient (Wildman–Crippen LogP) is 4.25. The van der Waals surface area contributed by atoms with Crippen molar-refractivity contribution in [3.63, 3.8) is 0 Å². The summed E-state index contributed by atoms with van der Waals surface area (Å²) in [5, 5.41) is 1.04. The van der Waals surface area contributed by atoms with E-state index >= 15 is 0 Å². The van der Waals surface area contributed by atoms with Crippen LogP contribution < -0.4 is 0 Å². The van der Waals surface area contributed by atoms with E-state index in [4.69, 9.17) is 4.98 Å². The molecule has 0 aromatic carbocycles. The van der Waals surface area contributed by atoms with Gasteiger partial charge >= 0.3 is 0 Å². The van der Waals surface area contributed by atoms with Gasteiger partial charge in [-0.25, -0.2) is 4.98 Å². The molecule has 0 spiro atoms. The van der Waals surface area contributed by atoms with Crippen LogP contribution >= 0.6 is 11.3 Å². The summed E-state index contributed by atoms with van der Waals surface area (Å²) in [6.45, 7) is 4.13. The highest BCUT2D eigenvalue weighted by molar-refractivity contribution is 7.15. The van der Waals surface area contributed by atoms with Gasteiger partial charge in [-0.15, -0.1) is 11.3 Å². The summed E-state index contributed by atoms with van der Waals surface area (Å²) in [5.41, 5.74) is 3.38. The molecule has 1 atom stereocenters. The second-order valence-electron chi connectivity index (χ2n) is 6.21. The molecule has 1 aliphatic heterocycles. The van der Waals surface area contributed by atoms with E-state index in [9.17, 15) is 0 Å². The molecular formula is C19H20N4S. The van der Waals surface area contributed by atoms with Gasteiger partial charge in [0, 0.05) is 41.3 Å². The van der Waals surface area contributed by atoms with E-state index in [1.54, 1.807) is 17.5 Å². The van der Waals surface area contributed by atoms with E-state index in [1.165, 1.54) is 23.4 Å². The van der Waals surface area contributed by atoms with Crippen molar-refractivity contribution in [1.82, 2.24) is 19.9 Å². The van der Waals surface area contributed by atoms with Crippen LogP contribution in [0.5, 0.6) is 0 Å². The molecular weight excluding hydrogens is 316 g/mol. The highest BCUT2D eigenvalue weighted by Crippen LogP contribution is 2.34. The topological polar surface area (TPSA) is 41.9 Å². The Bertz CT molecular complexity index is 815. The molecule has 24 heavy (non-hydrogen) atoms. The first kappa shape index (κ1) is 15.4. The molecule has 0 radical (unpaired) electrons. The maximum atomic E-state index is 4.74. The standard InChI is InChI=1S/C19H20N4S/c1-14-5-2-7-17(22-14)18-8-4-10-23(18)13-16-12-21-19(24-16)15-6-3-9-20-11-15/h2-3,5-7,9,11-12,18H,4,8,10,13H2,1H3/t18-/m1/s1. The molecule has 0 unspecified atom stereocenters. The summed E-state index contributed by atoms with van der Waals surface area (Å²) in [6.07, 6.45) is 8.09. The van der Waals surface area contributed by atoms with Gasteiger partial charge in [0.25, 0.3) is 0 Å². The second-order valence-corrected chi connectivity index (χ2v) is 7.32. The normalized spacial score (nSPS) is 18.1. The molecule has 5 heteroatoms. The minimum Gasteiger partial charge on any atom is -0.290 e. The summed E-state index contributed by atoms with van der Waals surface area (Å²) in [6, 6.07) is 10.8. The first-order valence-corrected chi connectivity index (χ1v) is 9.14. The Balaban J connectivity index is 1.51. The zero-order valence-corrected chi connectivity index (χ0v) is 14.5. The molecule has 0 saturated carbocycles. The summed E-state index contributed by atoms with van der Waals surface area (Å²) < 4.78 is 0. The van der Waals surface area contributed by atoms with Crippen molar-refractivity contribution in [3.8, 4) is 10.6 Å². The predicted molar refractivity (Wildman–Crippen MR) is 96.7 cm³/mol. The summed E-state index contributed by atoms with van der Waals surface area (Å²) in [4.78, 5) is 17.3. The zero-order chi connectivity index (χ0) is 16.4. The highest BCUT2D eigenvalue weighted by Gasteiger charge is 2.27. The quantitative estimate of drug-likeness (QED) is 0.714. The number of hydrogen-bond acceptors (Lipinski definition) is 5. The lowest BCUT2D eigenvalue weighted by molar-refractivity contribution is 0.246. The van der Waals surface area contributed by atoms with Crippen molar-refractivity contribution in [3.05, 3.63) is 65.2 Å². The number of nitrogens with zero attached hydrogens (tertiary/aromatic N) is 4. The Hall–Kier alpha value is -2.11. The molecule has 4 heterocycles. The van der Waals surface area contributed by atoms with E-state index < -0.39 is 0 Å². The summed E-state index contributed by atoms with van der Waals surface area (Å²) in [7, 11) is 0. The van der Waals surface area contributed by atoms with Crippen LogP contribution in [0.4, 0.5) is 0 Å². The van der Waals surface area contributed by atoms with E-state index in [-0.39, 0.29) is 0 Å². The van der Waals surface area contributed by atoms with Crippen LogP contribution in [0.25, 0.3) is 10.6 Å². The van der Waals surface area contributed by atoms with Gasteiger partial charge in [-0.1, -0.05) is 6.07 Å². The molecule has 0 aliphatic carbocycles. The van der Waals surface area contributed by atoms with Gasteiger partial charge in [0.15, 0.2) is 0 Å². The number of hydrogen-bond donors (Lipinski definition) is 0. The lowest BCUT2D eigenvalue weighted by Crippen LogP contribution is -2.23. The number of rotatable bonds is 4. The number of pyridine rings is 2. The maximum absolute atomic E-state index is 4.74. The zero-order valence-electron chi connectivity index (χ0n) is 13.7. The van der Waals surface area contributed by atoms with Crippen LogP contribution in [-0.2, 0) is 6.54 Å². The molecule has 0 amide bonds. The van der Waals surface area contributed by atoms with Crippen LogP contribution in [-0.4, -0.2) is 26.4 Å². The Morgan fingerprint density at radius 1 is 1.21 bits per heavy atom. The largest absolute Gasteiger partial charge is 0.290 e. The molecule has 3 aromatic heterocycles. The fraction of sp³-hybridized carbons (Fsp3) is 0.316. The van der Waals surface area contributed by atoms with Crippen LogP contribution in [0.1, 0.15) is 35.1 Å². The van der Waals surface area contributed by atoms with Gasteiger partial charge in [-0.3, -0.25) is 14.9 Å². The fourth-order valence-electron chi connectivity index (χ4n) is 3.30. The van der Waals surface area contributed by atoms with E-state index in [1.807, 2.05) is 18.5 Å². The van der Waals surface area contributed by atoms with E-state index in [0.29, 0.717) is 6.04 Å². The van der Waals surface area contributed by atoms with Crippen LogP contribution in [0.2, 0.25) is 0 Å². The monoisotopic (exact) mass is 336 g/mol. The van der Waals surface area contributed by atoms with Crippen molar-refractivity contribution < 1.29 is 0 Å². The Kier molecular flexibility index (Phi) is 4.36. The van der Waals surface area contributed by atoms with Gasteiger partial charge in [0.2, 0.25) is 0 Å². The minimum absolute atomic E-state index is 0.425. The molecule has 0 N–H and O–H groups in total. The van der Waals surface area contributed by atoms with Gasteiger partial charge in [0.1, 0.15) is 5.01 Å². The Labute approximate surface area is 146 Å². The van der Waals surface area contributed by atoms with Crippen molar-refractivity contribution >= 4 is 11.3 Å². The summed E-state index contributed by atoms with van der Waals surface area (Å²) in [5.74, 6) is 0. The molecule has 3 aromatic rings. The molecule has 0 bridgehead atoms. The average molecular weight is 336 g/mol. The van der Waals surface area contributed by atoms with E-state index in [0.717, 1.165) is 29.4 Å². The van der Waals surface area contributed by atoms with Gasteiger partial charge in [-0.05, 0) is 50.6 Å². The minimum atomic E-state index is 0.425. The van der Waals surface area contributed by atoms with Gasteiger partial charge < -0.3 is 0 Å². The number of likely N-dealkylation sites (tertiary alicyclic amines) is 1. The fourth-order valence-corrected chi connectivity index (χ4v) is 4.23. The third-order valence-corrected chi connectivity index (χ3v) is 5.47. The smallest absolute Gasteiger partial charge is 0.125 e. The van der Waals surface area contributed by atoms with Crippen LogP contribution in [0.15, 0.2) is 48.9 Å². The third kappa shape index (κ3) is 3.23. The van der Waals surface area contributed by atoms with Crippen molar-refractivity contribution in [2.24, 2.45) is 0 Å². The molecule has 1 saturated heterocycles. The van der Waals surface area contributed by atoms with Gasteiger partial charge in [-0.2, -0.15) is 0 Å². The molecule has 122 valence electrons. The molecule has 4 rings (SSSR count). The van der Waals surface area contributed by atoms with Crippen molar-refractivity contribution in [2.75, 3.05) is 6.54 Å². The first-order valence-electron chi connectivity index (χ1n) is 8.32. The maximum Gasteiger partial charge on any atom is 0.125 e. The van der Waals surface area contributed by atoms with Crippen LogP contribution in [0.3, 0.4) is 0 Å². The average Bonchev–Trinajstić information content (AvgIpc) is 3.26. The summed E-state index contributed by atoms with van der Waals surface area (Å²) >= 11 is 1.76. The van der Waals surface area contributed by atoms with Crippen LogP contribution in [0, 0.1) is 6.92 Å². The third-order valence-electron chi connectivity index (χ3n) is 4.44. The molecule has 1 fully saturated rings. The first-order chi connectivity index (χ1) is 11.8. The molecule has 1 aliphatic rings. The lowest BCUT2D eigenvalue weighted by atomic mass is 10.1. The van der Waals surface area contributed by atoms with Gasteiger partial charge in [0.05, 0.1) is 11.7 Å². The Morgan fingerprint density at radius 3 is 3.00 bits per heavy atom. The SMILES string of the molecule is Cc1cccc([C@H]2CCCN2Cc2cnc(-c3cccnc3)s2)n1. The van der Waals surface area contributed by atoms with Crippen molar-refractivity contribution in [2.45, 2.75) is 32.4 Å². The number of aromatic nitrogens is 3. The number of aryl methyl sites for hydroxylation is 1. The molecule has 4 nitrogen and oxygen atoms in total. The highest BCUT2D eigenvalue weighted by atomic mass is 32.1. The lowest BCUT2D eigenvalue weighted by Gasteiger charge is -2.23. The van der Waals surface area contributed by atoms with Crippen molar-refractivity contribution in [1.29, 1.82) is 0 Å². The Morgan fingerprint density at radius 2 is 2.17 bits per heavy atom. The number of thiazole rings is 1. The van der Waals surface area contributed by atoms with E-state index in [2.05, 4.69) is 46.1 Å². The second kappa shape index (κ2) is 6.79.